The van der Waals surface area contributed by atoms with Crippen LogP contribution in [0.15, 0.2) is 267 Å². The Balaban J connectivity index is 0.960. The van der Waals surface area contributed by atoms with Crippen LogP contribution in [-0.4, -0.2) is 35.4 Å². The van der Waals surface area contributed by atoms with Gasteiger partial charge in [-0.25, -0.2) is 14.7 Å². The predicted octanol–water partition coefficient (Wildman–Crippen LogP) is 20.3. The summed E-state index contributed by atoms with van der Waals surface area (Å²) >= 11 is 38.9. The van der Waals surface area contributed by atoms with Gasteiger partial charge in [0.1, 0.15) is 37.1 Å². The zero-order valence-corrected chi connectivity index (χ0v) is 57.4. The van der Waals surface area contributed by atoms with Crippen LogP contribution in [-0.2, 0) is 25.2 Å². The van der Waals surface area contributed by atoms with Crippen LogP contribution in [0.5, 0.6) is 17.2 Å². The van der Waals surface area contributed by atoms with Crippen molar-refractivity contribution < 1.29 is 43.0 Å². The van der Waals surface area contributed by atoms with E-state index in [2.05, 4.69) is 0 Å². The molecule has 0 N–H and O–H groups in total. The first-order chi connectivity index (χ1) is 49.0. The minimum atomic E-state index is -1.53. The molecule has 12 nitrogen and oxygen atoms in total. The summed E-state index contributed by atoms with van der Waals surface area (Å²) in [7, 11) is 0. The molecule has 12 aromatic carbocycles. The fourth-order valence-corrected chi connectivity index (χ4v) is 14.4. The maximum Gasteiger partial charge on any atom is 0.266 e. The van der Waals surface area contributed by atoms with Crippen LogP contribution in [0.25, 0.3) is 0 Å². The van der Waals surface area contributed by atoms with Gasteiger partial charge >= 0.3 is 0 Å². The summed E-state index contributed by atoms with van der Waals surface area (Å²) in [6.45, 7) is 0.814. The molecule has 3 aliphatic rings. The molecule has 0 saturated carbocycles. The second kappa shape index (κ2) is 27.4. The Morgan fingerprint density at radius 2 is 0.554 bits per heavy atom. The molecule has 0 aromatic heterocycles. The Morgan fingerprint density at radius 1 is 0.287 bits per heavy atom. The van der Waals surface area contributed by atoms with Crippen LogP contribution < -0.4 is 28.9 Å². The normalized spacial score (nSPS) is 13.3. The van der Waals surface area contributed by atoms with Crippen LogP contribution in [0.2, 0.25) is 30.1 Å². The lowest BCUT2D eigenvalue weighted by atomic mass is 9.64. The van der Waals surface area contributed by atoms with Gasteiger partial charge in [-0.15, -0.1) is 0 Å². The summed E-state index contributed by atoms with van der Waals surface area (Å²) in [6.07, 6.45) is 0. The second-order valence-corrected chi connectivity index (χ2v) is 26.8. The van der Waals surface area contributed by atoms with Crippen LogP contribution in [0.1, 0.15) is 124 Å². The number of benzene rings is 12. The molecule has 494 valence electrons. The van der Waals surface area contributed by atoms with Gasteiger partial charge in [-0.1, -0.05) is 233 Å². The quantitative estimate of drug-likeness (QED) is 0.0572. The van der Waals surface area contributed by atoms with Crippen LogP contribution >= 0.6 is 69.6 Å². The Morgan fingerprint density at radius 3 is 0.842 bits per heavy atom. The number of anilines is 3. The van der Waals surface area contributed by atoms with Crippen molar-refractivity contribution in [3.8, 4) is 17.2 Å². The van der Waals surface area contributed by atoms with Crippen molar-refractivity contribution in [2.75, 3.05) is 14.7 Å². The molecule has 0 spiro atoms. The molecule has 0 atom stereocenters. The Kier molecular flexibility index (Phi) is 17.9. The number of imide groups is 3. The van der Waals surface area contributed by atoms with Gasteiger partial charge in [0.25, 0.3) is 35.4 Å². The molecule has 0 bridgehead atoms. The molecule has 18 heteroatoms. The highest BCUT2D eigenvalue weighted by atomic mass is 35.5. The predicted molar refractivity (Wildman–Crippen MR) is 394 cm³/mol. The number of hydrogen-bond donors (Lipinski definition) is 0. The van der Waals surface area contributed by atoms with Gasteiger partial charge in [0.05, 0.1) is 86.0 Å². The second-order valence-electron chi connectivity index (χ2n) is 24.3. The molecule has 3 aliphatic heterocycles. The molecule has 15 rings (SSSR count). The average Bonchev–Trinajstić information content (AvgIpc) is 1.53. The molecular formula is C83H51Cl6N3O9. The number of fused-ring (bicyclic) bond motifs is 3. The molecule has 12 aromatic rings. The van der Waals surface area contributed by atoms with Crippen molar-refractivity contribution in [1.29, 1.82) is 0 Å². The van der Waals surface area contributed by atoms with E-state index in [1.54, 1.807) is 54.6 Å². The topological polar surface area (TPSA) is 140 Å². The average molecular weight is 1450 g/mol. The third kappa shape index (κ3) is 12.3. The van der Waals surface area contributed by atoms with Crippen LogP contribution in [0, 0.1) is 0 Å². The van der Waals surface area contributed by atoms with E-state index in [4.69, 9.17) is 83.8 Å². The highest BCUT2D eigenvalue weighted by Crippen LogP contribution is 2.53. The lowest BCUT2D eigenvalue weighted by Gasteiger charge is -2.40. The first-order valence-corrected chi connectivity index (χ1v) is 34.1. The number of hydrogen-bond acceptors (Lipinski definition) is 9. The Hall–Kier alpha value is -10.8. The third-order valence-electron chi connectivity index (χ3n) is 18.4. The number of amides is 6. The van der Waals surface area contributed by atoms with Gasteiger partial charge < -0.3 is 14.2 Å². The largest absolute Gasteiger partial charge is 0.489 e. The number of carbonyl (C=O) groups is 6. The first-order valence-electron chi connectivity index (χ1n) is 31.8. The summed E-state index contributed by atoms with van der Waals surface area (Å²) in [5.41, 5.74) is 6.74. The molecule has 0 fully saturated rings. The fraction of sp³-hybridized carbons (Fsp3) is 0.0602. The summed E-state index contributed by atoms with van der Waals surface area (Å²) in [6, 6.07) is 80.2. The van der Waals surface area contributed by atoms with Gasteiger partial charge in [-0.3, -0.25) is 28.8 Å². The standard InChI is InChI=1S/C83H51Cl6N3O9/c84-69-39-62-63(40-70(69)85)78(94)90(77(62)93)57-27-16-51(17-28-57)76(52-18-29-58(30-19-52)91-79(95)64-41-71(86)72(87)42-65(64)80(91)96)53-20-37-75(92-81(97)66-43-73(88)74(89)44-67(66)82(92)98)68(38-53)83(54-21-31-59(32-22-54)99-45-48-10-4-1-5-11-48,55-23-33-60(34-24-55)100-46-49-12-6-2-7-13-49)56-25-35-61(36-26-56)101-47-50-14-8-3-9-15-50/h1-44,76H,45-47H2. The number of halogens is 6. The third-order valence-corrected chi connectivity index (χ3v) is 20.5. The summed E-state index contributed by atoms with van der Waals surface area (Å²) in [5, 5.41) is 0.594. The summed E-state index contributed by atoms with van der Waals surface area (Å²) in [4.78, 5) is 91.1. The highest BCUT2D eigenvalue weighted by Gasteiger charge is 2.47. The lowest BCUT2D eigenvalue weighted by Crippen LogP contribution is -2.37. The number of carbonyl (C=O) groups excluding carboxylic acids is 6. The van der Waals surface area contributed by atoms with Crippen molar-refractivity contribution in [2.24, 2.45) is 0 Å². The summed E-state index contributed by atoms with van der Waals surface area (Å²) < 4.78 is 19.4. The van der Waals surface area contributed by atoms with Gasteiger partial charge in [0.2, 0.25) is 0 Å². The van der Waals surface area contributed by atoms with E-state index in [-0.39, 0.29) is 100 Å². The number of nitrogens with zero attached hydrogens (tertiary/aromatic N) is 3. The minimum absolute atomic E-state index is 0.0383. The van der Waals surface area contributed by atoms with E-state index in [1.807, 2.05) is 176 Å². The number of ether oxygens (including phenoxy) is 3. The maximum absolute atomic E-state index is 15.5. The van der Waals surface area contributed by atoms with E-state index in [0.717, 1.165) is 31.4 Å². The molecule has 0 radical (unpaired) electrons. The minimum Gasteiger partial charge on any atom is -0.489 e. The zero-order chi connectivity index (χ0) is 69.8. The highest BCUT2D eigenvalue weighted by molar-refractivity contribution is 6.46. The van der Waals surface area contributed by atoms with Crippen molar-refractivity contribution in [3.63, 3.8) is 0 Å². The van der Waals surface area contributed by atoms with Crippen molar-refractivity contribution >= 4 is 122 Å². The van der Waals surface area contributed by atoms with Gasteiger partial charge in [-0.2, -0.15) is 0 Å². The Bertz CT molecular complexity index is 4860. The molecule has 6 amide bonds. The zero-order valence-electron chi connectivity index (χ0n) is 52.9. The van der Waals surface area contributed by atoms with Crippen LogP contribution in [0.3, 0.4) is 0 Å². The monoisotopic (exact) mass is 1440 g/mol. The van der Waals surface area contributed by atoms with Gasteiger partial charge in [0.15, 0.2) is 0 Å². The molecule has 0 aliphatic carbocycles. The van der Waals surface area contributed by atoms with Gasteiger partial charge in [0, 0.05) is 5.92 Å². The van der Waals surface area contributed by atoms with E-state index < -0.39 is 46.8 Å². The van der Waals surface area contributed by atoms with Crippen molar-refractivity contribution in [1.82, 2.24) is 0 Å². The van der Waals surface area contributed by atoms with Gasteiger partial charge in [-0.05, 0) is 159 Å². The lowest BCUT2D eigenvalue weighted by molar-refractivity contribution is 0.0910. The van der Waals surface area contributed by atoms with E-state index in [1.165, 1.54) is 36.4 Å². The molecule has 3 heterocycles. The SMILES string of the molecule is O=C1c2cc(Cl)c(Cl)cc2C(=O)N1c1ccc(C(c2ccc(N3C(=O)c4cc(Cl)c(Cl)cc4C3=O)cc2)c2ccc(N3C(=O)c4cc(Cl)c(Cl)cc4C3=O)c(C(c3ccc(OCc4ccccc4)cc3)(c3ccc(OCc4ccccc4)cc3)c3ccc(OCc4ccccc4)cc3)c2)cc1. The maximum atomic E-state index is 15.5. The van der Waals surface area contributed by atoms with E-state index >= 15 is 9.59 Å². The molecule has 0 saturated heterocycles. The van der Waals surface area contributed by atoms with E-state index in [0.29, 0.717) is 56.2 Å². The molecular weight excluding hydrogens is 1400 g/mol. The van der Waals surface area contributed by atoms with Crippen LogP contribution in [0.4, 0.5) is 17.1 Å². The molecule has 101 heavy (non-hydrogen) atoms. The first kappa shape index (κ1) is 66.1. The van der Waals surface area contributed by atoms with Crippen molar-refractivity contribution in [2.45, 2.75) is 31.2 Å². The number of rotatable bonds is 19. The summed E-state index contributed by atoms with van der Waals surface area (Å²) in [5.74, 6) is -2.87. The van der Waals surface area contributed by atoms with E-state index in [9.17, 15) is 19.2 Å². The molecule has 0 unspecified atom stereocenters. The Labute approximate surface area is 609 Å². The smallest absolute Gasteiger partial charge is 0.266 e. The fourth-order valence-electron chi connectivity index (χ4n) is 13.4. The van der Waals surface area contributed by atoms with Crippen molar-refractivity contribution in [3.05, 3.63) is 386 Å².